The molecule has 2 aliphatic heterocycles. The second-order valence-electron chi connectivity index (χ2n) is 8.94. The smallest absolute Gasteiger partial charge is 0.256 e. The Morgan fingerprint density at radius 1 is 1.30 bits per heavy atom. The van der Waals surface area contributed by atoms with E-state index in [9.17, 15) is 0 Å². The fourth-order valence-corrected chi connectivity index (χ4v) is 4.33. The number of ether oxygens (including phenoxy) is 1. The minimum atomic E-state index is -0.333. The number of nitrogens with two attached hydrogens (primary N) is 2. The molecule has 0 radical (unpaired) electrons. The lowest BCUT2D eigenvalue weighted by Gasteiger charge is -2.34. The first-order chi connectivity index (χ1) is 16.0. The number of aromatic nitrogens is 2. The quantitative estimate of drug-likeness (QED) is 0.525. The molecule has 0 spiro atoms. The molecule has 1 aromatic heterocycles. The average molecular weight is 448 g/mol. The first-order valence-corrected chi connectivity index (χ1v) is 11.1. The molecule has 1 aromatic carbocycles. The van der Waals surface area contributed by atoms with E-state index in [4.69, 9.17) is 25.7 Å². The van der Waals surface area contributed by atoms with E-state index in [1.54, 1.807) is 6.21 Å². The van der Waals surface area contributed by atoms with Gasteiger partial charge < -0.3 is 25.7 Å². The van der Waals surface area contributed by atoms with Crippen molar-refractivity contribution in [1.82, 2.24) is 20.6 Å². The molecule has 33 heavy (non-hydrogen) atoms. The molecule has 0 bridgehead atoms. The summed E-state index contributed by atoms with van der Waals surface area (Å²) in [5, 5.41) is 6.50. The monoisotopic (exact) mass is 447 g/mol. The lowest BCUT2D eigenvalue weighted by atomic mass is 9.76. The molecule has 9 nitrogen and oxygen atoms in total. The Morgan fingerprint density at radius 3 is 2.67 bits per heavy atom. The van der Waals surface area contributed by atoms with E-state index in [1.165, 1.54) is 6.20 Å². The molecule has 5 N–H and O–H groups in total. The second kappa shape index (κ2) is 8.49. The highest BCUT2D eigenvalue weighted by molar-refractivity contribution is 6.09. The summed E-state index contributed by atoms with van der Waals surface area (Å²) in [6.07, 6.45) is 7.45. The Bertz CT molecular complexity index is 1130. The van der Waals surface area contributed by atoms with E-state index in [0.717, 1.165) is 54.2 Å². The highest BCUT2D eigenvalue weighted by Crippen LogP contribution is 2.50. The van der Waals surface area contributed by atoms with E-state index >= 15 is 0 Å². The Hall–Kier alpha value is -3.43. The van der Waals surface area contributed by atoms with Crippen molar-refractivity contribution in [2.75, 3.05) is 19.8 Å². The van der Waals surface area contributed by atoms with Crippen LogP contribution in [-0.2, 0) is 10.2 Å². The van der Waals surface area contributed by atoms with Gasteiger partial charge in [-0.1, -0.05) is 36.0 Å². The van der Waals surface area contributed by atoms with Crippen LogP contribution in [-0.4, -0.2) is 47.2 Å². The third kappa shape index (κ3) is 4.05. The lowest BCUT2D eigenvalue weighted by molar-refractivity contribution is -0.0597. The Balaban J connectivity index is 1.40. The molecule has 1 unspecified atom stereocenters. The van der Waals surface area contributed by atoms with Crippen LogP contribution in [0.3, 0.4) is 0 Å². The second-order valence-corrected chi connectivity index (χ2v) is 8.94. The van der Waals surface area contributed by atoms with Gasteiger partial charge in [0.1, 0.15) is 5.82 Å². The highest BCUT2D eigenvalue weighted by Gasteiger charge is 2.47. The molecule has 2 aromatic rings. The van der Waals surface area contributed by atoms with Crippen LogP contribution in [0.5, 0.6) is 0 Å². The van der Waals surface area contributed by atoms with Crippen molar-refractivity contribution < 1.29 is 9.26 Å². The number of aliphatic imine (C=N–C) groups is 1. The average Bonchev–Trinajstić information content (AvgIpc) is 3.33. The van der Waals surface area contributed by atoms with Crippen molar-refractivity contribution in [1.29, 1.82) is 0 Å². The summed E-state index contributed by atoms with van der Waals surface area (Å²) in [5.41, 5.74) is 18.2. The Kier molecular flexibility index (Phi) is 5.51. The minimum Gasteiger partial charge on any atom is -0.404 e. The largest absolute Gasteiger partial charge is 0.404 e. The molecule has 1 saturated heterocycles. The van der Waals surface area contributed by atoms with Crippen molar-refractivity contribution >= 4 is 17.4 Å². The van der Waals surface area contributed by atoms with Gasteiger partial charge in [0.05, 0.1) is 30.2 Å². The SMILES string of the molecule is C=C(N)N=C/C(=C\N)c1ccc(C(C)(c2noc(C3=CN(C4COC4)NC3)n2)C2CC2)cc1. The van der Waals surface area contributed by atoms with Gasteiger partial charge in [-0.3, -0.25) is 0 Å². The fourth-order valence-electron chi connectivity index (χ4n) is 4.33. The molecule has 2 fully saturated rings. The van der Waals surface area contributed by atoms with Crippen LogP contribution in [0.25, 0.3) is 11.1 Å². The standard InChI is InChI=1S/C24H29N7O2/c1-15(26)27-10-17(9-25)16-3-5-19(6-4-16)24(2,20-7-8-20)23-29-22(33-30-23)18-11-28-31(12-18)21-13-32-14-21/h3-6,9-10,12,20-21,28H,1,7-8,11,13-14,25-26H2,2H3/b17-9+,27-10?. The van der Waals surface area contributed by atoms with Crippen LogP contribution in [0.15, 0.2) is 58.6 Å². The van der Waals surface area contributed by atoms with Gasteiger partial charge in [-0.15, -0.1) is 0 Å². The van der Waals surface area contributed by atoms with E-state index in [2.05, 4.69) is 46.2 Å². The number of rotatable bonds is 8. The van der Waals surface area contributed by atoms with Crippen molar-refractivity contribution in [2.24, 2.45) is 22.4 Å². The summed E-state index contributed by atoms with van der Waals surface area (Å²) in [6.45, 7) is 7.91. The maximum atomic E-state index is 5.79. The third-order valence-electron chi connectivity index (χ3n) is 6.69. The van der Waals surface area contributed by atoms with E-state index in [1.807, 2.05) is 18.3 Å². The maximum absolute atomic E-state index is 5.79. The molecule has 1 atom stereocenters. The topological polar surface area (TPSA) is 128 Å². The maximum Gasteiger partial charge on any atom is 0.256 e. The normalized spacial score (nSPS) is 21.2. The van der Waals surface area contributed by atoms with Gasteiger partial charge in [0, 0.05) is 30.7 Å². The highest BCUT2D eigenvalue weighted by atomic mass is 16.5. The number of nitrogens with one attached hydrogen (secondary N) is 1. The summed E-state index contributed by atoms with van der Waals surface area (Å²) in [7, 11) is 0. The van der Waals surface area contributed by atoms with Crippen LogP contribution < -0.4 is 16.9 Å². The first kappa shape index (κ1) is 21.4. The summed E-state index contributed by atoms with van der Waals surface area (Å²) in [4.78, 5) is 8.89. The molecule has 9 heteroatoms. The van der Waals surface area contributed by atoms with Crippen LogP contribution in [0.1, 0.15) is 42.6 Å². The molecular formula is C24H29N7O2. The van der Waals surface area contributed by atoms with E-state index in [-0.39, 0.29) is 11.2 Å². The predicted octanol–water partition coefficient (Wildman–Crippen LogP) is 2.15. The van der Waals surface area contributed by atoms with Crippen LogP contribution in [0.2, 0.25) is 0 Å². The van der Waals surface area contributed by atoms with Crippen LogP contribution in [0, 0.1) is 5.92 Å². The van der Waals surface area contributed by atoms with Gasteiger partial charge in [0.15, 0.2) is 5.82 Å². The Morgan fingerprint density at radius 2 is 2.06 bits per heavy atom. The summed E-state index contributed by atoms with van der Waals surface area (Å²) >= 11 is 0. The van der Waals surface area contributed by atoms with Crippen LogP contribution >= 0.6 is 0 Å². The molecule has 1 saturated carbocycles. The molecule has 0 amide bonds. The molecule has 3 aliphatic rings. The summed E-state index contributed by atoms with van der Waals surface area (Å²) in [5.74, 6) is 1.99. The van der Waals surface area contributed by atoms with Gasteiger partial charge in [0.2, 0.25) is 0 Å². The van der Waals surface area contributed by atoms with Crippen molar-refractivity contribution in [2.45, 2.75) is 31.2 Å². The van der Waals surface area contributed by atoms with Crippen molar-refractivity contribution in [3.05, 3.63) is 71.9 Å². The molecule has 172 valence electrons. The summed E-state index contributed by atoms with van der Waals surface area (Å²) in [6, 6.07) is 8.63. The minimum absolute atomic E-state index is 0.233. The zero-order valence-corrected chi connectivity index (χ0v) is 18.7. The van der Waals surface area contributed by atoms with E-state index < -0.39 is 0 Å². The van der Waals surface area contributed by atoms with Gasteiger partial charge in [-0.2, -0.15) is 4.98 Å². The number of benzene rings is 1. The predicted molar refractivity (Wildman–Crippen MR) is 126 cm³/mol. The van der Waals surface area contributed by atoms with E-state index in [0.29, 0.717) is 24.4 Å². The zero-order chi connectivity index (χ0) is 23.0. The van der Waals surface area contributed by atoms with Gasteiger partial charge in [-0.25, -0.2) is 10.4 Å². The lowest BCUT2D eigenvalue weighted by Crippen LogP contribution is -2.50. The Labute approximate surface area is 192 Å². The van der Waals surface area contributed by atoms with Crippen molar-refractivity contribution in [3.63, 3.8) is 0 Å². The van der Waals surface area contributed by atoms with Gasteiger partial charge >= 0.3 is 0 Å². The zero-order valence-electron chi connectivity index (χ0n) is 18.7. The number of nitrogens with zero attached hydrogens (tertiary/aromatic N) is 4. The molecule has 5 rings (SSSR count). The van der Waals surface area contributed by atoms with Crippen molar-refractivity contribution in [3.8, 4) is 0 Å². The number of allylic oxidation sites excluding steroid dienone is 1. The fraction of sp³-hybridized carbons (Fsp3) is 0.375. The number of hydrogen-bond acceptors (Lipinski definition) is 9. The third-order valence-corrected chi connectivity index (χ3v) is 6.69. The number of hydrazine groups is 1. The number of hydrogen-bond donors (Lipinski definition) is 3. The molecular weight excluding hydrogens is 418 g/mol. The molecule has 1 aliphatic carbocycles. The molecule has 3 heterocycles. The van der Waals surface area contributed by atoms with Gasteiger partial charge in [-0.05, 0) is 36.8 Å². The first-order valence-electron chi connectivity index (χ1n) is 11.1. The van der Waals surface area contributed by atoms with Crippen LogP contribution in [0.4, 0.5) is 0 Å². The van der Waals surface area contributed by atoms with Gasteiger partial charge in [0.25, 0.3) is 5.89 Å². The summed E-state index contributed by atoms with van der Waals surface area (Å²) < 4.78 is 11.0.